The highest BCUT2D eigenvalue weighted by molar-refractivity contribution is 5.37. The van der Waals surface area contributed by atoms with E-state index in [0.717, 1.165) is 43.2 Å². The van der Waals surface area contributed by atoms with Gasteiger partial charge in [0, 0.05) is 37.6 Å². The number of nitrogens with zero attached hydrogens (tertiary/aromatic N) is 5. The Morgan fingerprint density at radius 1 is 1.21 bits per heavy atom. The summed E-state index contributed by atoms with van der Waals surface area (Å²) >= 11 is 0. The molecular weight excluding hydrogens is 354 g/mol. The topological polar surface area (TPSA) is 68.3 Å². The highest BCUT2D eigenvalue weighted by atomic mass is 16.5. The largest absolute Gasteiger partial charge is 0.496 e. The van der Waals surface area contributed by atoms with Crippen LogP contribution in [0.4, 0.5) is 0 Å². The third-order valence-corrected chi connectivity index (χ3v) is 5.27. The molecule has 0 fully saturated rings. The van der Waals surface area contributed by atoms with Crippen LogP contribution in [0.2, 0.25) is 0 Å². The lowest BCUT2D eigenvalue weighted by atomic mass is 10.1. The van der Waals surface area contributed by atoms with Crippen LogP contribution in [-0.2, 0) is 26.2 Å². The highest BCUT2D eigenvalue weighted by Gasteiger charge is 2.21. The van der Waals surface area contributed by atoms with Crippen LogP contribution in [0.25, 0.3) is 0 Å². The Morgan fingerprint density at radius 3 is 2.86 bits per heavy atom. The van der Waals surface area contributed by atoms with E-state index in [1.807, 2.05) is 40.7 Å². The van der Waals surface area contributed by atoms with Gasteiger partial charge in [0.25, 0.3) is 0 Å². The van der Waals surface area contributed by atoms with Crippen molar-refractivity contribution in [2.75, 3.05) is 13.7 Å². The van der Waals surface area contributed by atoms with Gasteiger partial charge in [-0.05, 0) is 36.2 Å². The number of hydrogen-bond donors (Lipinski definition) is 1. The molecule has 1 N–H and O–H groups in total. The zero-order chi connectivity index (χ0) is 19.5. The number of aliphatic hydroxyl groups is 1. The minimum atomic E-state index is -0.474. The van der Waals surface area contributed by atoms with Crippen molar-refractivity contribution >= 4 is 0 Å². The van der Waals surface area contributed by atoms with Gasteiger partial charge in [0.2, 0.25) is 0 Å². The summed E-state index contributed by atoms with van der Waals surface area (Å²) in [5.41, 5.74) is 4.33. The van der Waals surface area contributed by atoms with Gasteiger partial charge in [0.15, 0.2) is 0 Å². The Balaban J connectivity index is 1.48. The number of ether oxygens (including phenoxy) is 1. The number of methoxy groups -OCH3 is 1. The predicted molar refractivity (Wildman–Crippen MR) is 106 cm³/mol. The molecule has 7 nitrogen and oxygen atoms in total. The van der Waals surface area contributed by atoms with E-state index >= 15 is 0 Å². The van der Waals surface area contributed by atoms with Crippen LogP contribution in [0.1, 0.15) is 42.0 Å². The fourth-order valence-electron chi connectivity index (χ4n) is 3.73. The second-order valence-corrected chi connectivity index (χ2v) is 7.27. The first kappa shape index (κ1) is 18.7. The third kappa shape index (κ3) is 3.95. The molecular formula is C21H27N5O2. The van der Waals surface area contributed by atoms with E-state index in [4.69, 9.17) is 4.74 Å². The molecule has 1 aliphatic heterocycles. The summed E-state index contributed by atoms with van der Waals surface area (Å²) in [5.74, 6) is 0.883. The summed E-state index contributed by atoms with van der Waals surface area (Å²) in [6, 6.07) is 10.3. The summed E-state index contributed by atoms with van der Waals surface area (Å²) in [6.45, 7) is 6.16. The van der Waals surface area contributed by atoms with Crippen molar-refractivity contribution in [2.45, 2.75) is 45.6 Å². The number of aliphatic hydroxyl groups excluding tert-OH is 1. The molecule has 28 heavy (non-hydrogen) atoms. The molecule has 0 saturated heterocycles. The maximum atomic E-state index is 10.1. The first-order valence-corrected chi connectivity index (χ1v) is 9.76. The summed E-state index contributed by atoms with van der Waals surface area (Å²) in [7, 11) is 1.70. The summed E-state index contributed by atoms with van der Waals surface area (Å²) < 4.78 is 9.47. The second-order valence-electron chi connectivity index (χ2n) is 7.27. The smallest absolute Gasteiger partial charge is 0.123 e. The second kappa shape index (κ2) is 8.16. The summed E-state index contributed by atoms with van der Waals surface area (Å²) in [5, 5.41) is 18.9. The van der Waals surface area contributed by atoms with Gasteiger partial charge in [-0.1, -0.05) is 13.0 Å². The Morgan fingerprint density at radius 2 is 2.11 bits per heavy atom. The Kier molecular flexibility index (Phi) is 5.45. The number of rotatable bonds is 7. The lowest BCUT2D eigenvalue weighted by Gasteiger charge is -2.27. The van der Waals surface area contributed by atoms with Gasteiger partial charge in [-0.2, -0.15) is 10.2 Å². The Labute approximate surface area is 165 Å². The van der Waals surface area contributed by atoms with Gasteiger partial charge in [-0.15, -0.1) is 0 Å². The van der Waals surface area contributed by atoms with Crippen LogP contribution in [0.5, 0.6) is 5.75 Å². The van der Waals surface area contributed by atoms with Gasteiger partial charge in [0.05, 0.1) is 37.7 Å². The van der Waals surface area contributed by atoms with E-state index in [0.29, 0.717) is 13.0 Å². The molecule has 0 spiro atoms. The third-order valence-electron chi connectivity index (χ3n) is 5.27. The molecule has 2 aromatic heterocycles. The van der Waals surface area contributed by atoms with Crippen LogP contribution >= 0.6 is 0 Å². The quantitative estimate of drug-likeness (QED) is 0.681. The monoisotopic (exact) mass is 381 g/mol. The molecule has 0 unspecified atom stereocenters. The van der Waals surface area contributed by atoms with Gasteiger partial charge >= 0.3 is 0 Å². The van der Waals surface area contributed by atoms with E-state index in [9.17, 15) is 5.11 Å². The molecule has 0 amide bonds. The molecule has 1 aromatic carbocycles. The van der Waals surface area contributed by atoms with Crippen molar-refractivity contribution in [3.05, 3.63) is 65.2 Å². The molecule has 1 aliphatic rings. The van der Waals surface area contributed by atoms with Crippen molar-refractivity contribution < 1.29 is 9.84 Å². The van der Waals surface area contributed by atoms with Gasteiger partial charge < -0.3 is 9.84 Å². The molecule has 4 rings (SSSR count). The van der Waals surface area contributed by atoms with Gasteiger partial charge in [-0.25, -0.2) is 0 Å². The van der Waals surface area contributed by atoms with Crippen molar-refractivity contribution in [3.8, 4) is 5.75 Å². The van der Waals surface area contributed by atoms with Crippen LogP contribution in [-0.4, -0.2) is 43.2 Å². The molecule has 0 saturated carbocycles. The maximum Gasteiger partial charge on any atom is 0.123 e. The van der Waals surface area contributed by atoms with Crippen LogP contribution < -0.4 is 4.74 Å². The molecule has 3 heterocycles. The van der Waals surface area contributed by atoms with Crippen molar-refractivity contribution in [1.29, 1.82) is 0 Å². The minimum absolute atomic E-state index is 0.474. The van der Waals surface area contributed by atoms with Crippen LogP contribution in [0.15, 0.2) is 42.7 Å². The summed E-state index contributed by atoms with van der Waals surface area (Å²) in [4.78, 5) is 2.42. The van der Waals surface area contributed by atoms with E-state index < -0.39 is 6.10 Å². The Bertz CT molecular complexity index is 919. The lowest BCUT2D eigenvalue weighted by molar-refractivity contribution is 0.166. The lowest BCUT2D eigenvalue weighted by Crippen LogP contribution is -2.33. The van der Waals surface area contributed by atoms with E-state index in [2.05, 4.69) is 27.2 Å². The normalized spacial score (nSPS) is 15.4. The maximum absolute atomic E-state index is 10.1. The van der Waals surface area contributed by atoms with Crippen molar-refractivity contribution in [1.82, 2.24) is 24.5 Å². The zero-order valence-corrected chi connectivity index (χ0v) is 16.5. The average molecular weight is 381 g/mol. The van der Waals surface area contributed by atoms with E-state index in [-0.39, 0.29) is 0 Å². The molecule has 0 radical (unpaired) electrons. The van der Waals surface area contributed by atoms with E-state index in [1.165, 1.54) is 11.3 Å². The first-order valence-electron chi connectivity index (χ1n) is 9.76. The van der Waals surface area contributed by atoms with Gasteiger partial charge in [-0.3, -0.25) is 14.3 Å². The molecule has 3 aromatic rings. The zero-order valence-electron chi connectivity index (χ0n) is 16.5. The summed E-state index contributed by atoms with van der Waals surface area (Å²) in [6.07, 6.45) is 3.96. The molecule has 0 bridgehead atoms. The molecule has 148 valence electrons. The van der Waals surface area contributed by atoms with Crippen LogP contribution in [0.3, 0.4) is 0 Å². The predicted octanol–water partition coefficient (Wildman–Crippen LogP) is 2.60. The highest BCUT2D eigenvalue weighted by Crippen LogP contribution is 2.24. The number of fused-ring (bicyclic) bond motifs is 1. The van der Waals surface area contributed by atoms with E-state index in [1.54, 1.807) is 13.3 Å². The first-order chi connectivity index (χ1) is 13.7. The SMILES string of the molecule is CC[C@@H](O)c1cc2n(n1)CCN(Cc1ccc(OC)c(Cn3cccn3)c1)C2. The number of hydrogen-bond acceptors (Lipinski definition) is 5. The molecule has 0 aliphatic carbocycles. The van der Waals surface area contributed by atoms with Gasteiger partial charge in [0.1, 0.15) is 5.75 Å². The fourth-order valence-corrected chi connectivity index (χ4v) is 3.73. The van der Waals surface area contributed by atoms with Crippen molar-refractivity contribution in [3.63, 3.8) is 0 Å². The minimum Gasteiger partial charge on any atom is -0.496 e. The average Bonchev–Trinajstić information content (AvgIpc) is 3.37. The fraction of sp³-hybridized carbons (Fsp3) is 0.429. The standard InChI is InChI=1S/C21H27N5O2/c1-3-20(27)19-12-18-15-24(9-10-26(18)23-19)13-16-5-6-21(28-2)17(11-16)14-25-8-4-7-22-25/h4-8,11-12,20,27H,3,9-10,13-15H2,1-2H3/t20-/m1/s1. The molecule has 7 heteroatoms. The van der Waals surface area contributed by atoms with Crippen LogP contribution in [0, 0.1) is 0 Å². The number of benzene rings is 1. The van der Waals surface area contributed by atoms with Crippen molar-refractivity contribution in [2.24, 2.45) is 0 Å². The number of aromatic nitrogens is 4. The Hall–Kier alpha value is -2.64. The molecule has 1 atom stereocenters.